The molecule has 1 aliphatic carbocycles. The molecule has 2 heteroatoms. The van der Waals surface area contributed by atoms with Crippen molar-refractivity contribution in [2.75, 3.05) is 0 Å². The van der Waals surface area contributed by atoms with Crippen molar-refractivity contribution in [1.82, 2.24) is 5.16 Å². The highest BCUT2D eigenvalue weighted by atomic mass is 16.5. The van der Waals surface area contributed by atoms with Gasteiger partial charge in [0.05, 0.1) is 5.69 Å². The first kappa shape index (κ1) is 5.96. The van der Waals surface area contributed by atoms with Crippen molar-refractivity contribution in [2.24, 2.45) is 0 Å². The number of hydrogen-bond donors (Lipinski definition) is 0. The fourth-order valence-electron chi connectivity index (χ4n) is 1.45. The average molecular weight is 136 g/mol. The van der Waals surface area contributed by atoms with Gasteiger partial charge in [-0.2, -0.15) is 0 Å². The average Bonchev–Trinajstić information content (AvgIpc) is 2.59. The first-order chi connectivity index (χ1) is 4.97. The van der Waals surface area contributed by atoms with Crippen LogP contribution in [0.25, 0.3) is 0 Å². The Balaban J connectivity index is 2.12. The van der Waals surface area contributed by atoms with Crippen LogP contribution >= 0.6 is 0 Å². The smallest absolute Gasteiger partial charge is 0.124 e. The van der Waals surface area contributed by atoms with Gasteiger partial charge in [-0.3, -0.25) is 0 Å². The quantitative estimate of drug-likeness (QED) is 0.591. The Morgan fingerprint density at radius 1 is 1.30 bits per heavy atom. The van der Waals surface area contributed by atoms with Crippen molar-refractivity contribution in [2.45, 2.75) is 25.7 Å². The summed E-state index contributed by atoms with van der Waals surface area (Å²) in [5.41, 5.74) is 1.07. The lowest BCUT2D eigenvalue weighted by atomic mass is 10.1. The standard InChI is InChI=1S/C8H10NO/c1-2-4-7(3-1)8-5-6-10-9-8/h5-6H,1-4H2. The molecule has 0 amide bonds. The summed E-state index contributed by atoms with van der Waals surface area (Å²) in [6.07, 6.45) is 6.71. The van der Waals surface area contributed by atoms with Crippen LogP contribution in [0, 0.1) is 5.92 Å². The second-order valence-corrected chi connectivity index (χ2v) is 2.70. The molecule has 1 fully saturated rings. The van der Waals surface area contributed by atoms with Crippen molar-refractivity contribution in [3.63, 3.8) is 0 Å². The lowest BCUT2D eigenvalue weighted by Gasteiger charge is -1.99. The van der Waals surface area contributed by atoms with E-state index in [0.717, 1.165) is 5.69 Å². The highest BCUT2D eigenvalue weighted by Crippen LogP contribution is 2.31. The fraction of sp³-hybridized carbons (Fsp3) is 0.500. The zero-order valence-electron chi connectivity index (χ0n) is 5.84. The van der Waals surface area contributed by atoms with Crippen LogP contribution in [0.5, 0.6) is 0 Å². The minimum atomic E-state index is 1.07. The molecule has 0 unspecified atom stereocenters. The van der Waals surface area contributed by atoms with Gasteiger partial charge in [-0.15, -0.1) is 0 Å². The predicted molar refractivity (Wildman–Crippen MR) is 37.3 cm³/mol. The molecule has 10 heavy (non-hydrogen) atoms. The summed E-state index contributed by atoms with van der Waals surface area (Å²) in [7, 11) is 0. The molecule has 53 valence electrons. The van der Waals surface area contributed by atoms with Crippen LogP contribution in [0.1, 0.15) is 31.4 Å². The zero-order valence-corrected chi connectivity index (χ0v) is 5.84. The largest absolute Gasteiger partial charge is 0.364 e. The van der Waals surface area contributed by atoms with Crippen LogP contribution in [-0.2, 0) is 0 Å². The van der Waals surface area contributed by atoms with E-state index in [1.807, 2.05) is 6.07 Å². The van der Waals surface area contributed by atoms with Gasteiger partial charge in [-0.05, 0) is 12.8 Å². The van der Waals surface area contributed by atoms with Gasteiger partial charge in [0.25, 0.3) is 0 Å². The maximum atomic E-state index is 4.76. The Bertz CT molecular complexity index is 187. The Kier molecular flexibility index (Phi) is 1.46. The molecule has 2 nitrogen and oxygen atoms in total. The summed E-state index contributed by atoms with van der Waals surface area (Å²) < 4.78 is 4.76. The van der Waals surface area contributed by atoms with Crippen molar-refractivity contribution < 1.29 is 4.52 Å². The number of aromatic nitrogens is 1. The van der Waals surface area contributed by atoms with E-state index in [2.05, 4.69) is 5.16 Å². The van der Waals surface area contributed by atoms with Gasteiger partial charge in [0.1, 0.15) is 6.26 Å². The summed E-state index contributed by atoms with van der Waals surface area (Å²) in [4.78, 5) is 0. The van der Waals surface area contributed by atoms with E-state index >= 15 is 0 Å². The second kappa shape index (κ2) is 2.45. The van der Waals surface area contributed by atoms with E-state index in [4.69, 9.17) is 4.52 Å². The number of nitrogens with zero attached hydrogens (tertiary/aromatic N) is 1. The molecule has 1 radical (unpaired) electrons. The van der Waals surface area contributed by atoms with Crippen molar-refractivity contribution in [1.29, 1.82) is 0 Å². The summed E-state index contributed by atoms with van der Waals surface area (Å²) >= 11 is 0. The molecule has 0 aromatic carbocycles. The van der Waals surface area contributed by atoms with E-state index in [0.29, 0.717) is 0 Å². The van der Waals surface area contributed by atoms with E-state index in [9.17, 15) is 0 Å². The molecule has 0 spiro atoms. The van der Waals surface area contributed by atoms with Crippen LogP contribution in [0.4, 0.5) is 0 Å². The molecular formula is C8H10NO. The van der Waals surface area contributed by atoms with Gasteiger partial charge in [0, 0.05) is 12.0 Å². The van der Waals surface area contributed by atoms with Crippen LogP contribution in [-0.4, -0.2) is 5.16 Å². The Morgan fingerprint density at radius 3 is 2.70 bits per heavy atom. The molecule has 1 aromatic rings. The van der Waals surface area contributed by atoms with Crippen LogP contribution in [0.3, 0.4) is 0 Å². The van der Waals surface area contributed by atoms with Crippen molar-refractivity contribution in [3.05, 3.63) is 23.9 Å². The molecule has 0 saturated heterocycles. The molecule has 0 aliphatic heterocycles. The van der Waals surface area contributed by atoms with Crippen LogP contribution in [0.2, 0.25) is 0 Å². The first-order valence-corrected chi connectivity index (χ1v) is 3.72. The SMILES string of the molecule is c1cc([C]2CCCC2)no1. The van der Waals surface area contributed by atoms with Crippen molar-refractivity contribution in [3.8, 4) is 0 Å². The Morgan fingerprint density at radius 2 is 2.10 bits per heavy atom. The molecule has 1 aliphatic rings. The Labute approximate surface area is 60.2 Å². The van der Waals surface area contributed by atoms with Gasteiger partial charge >= 0.3 is 0 Å². The highest BCUT2D eigenvalue weighted by Gasteiger charge is 2.19. The van der Waals surface area contributed by atoms with E-state index in [-0.39, 0.29) is 0 Å². The topological polar surface area (TPSA) is 26.0 Å². The van der Waals surface area contributed by atoms with Crippen LogP contribution < -0.4 is 0 Å². The minimum absolute atomic E-state index is 1.07. The highest BCUT2D eigenvalue weighted by molar-refractivity contribution is 5.21. The van der Waals surface area contributed by atoms with Gasteiger partial charge in [-0.1, -0.05) is 18.0 Å². The van der Waals surface area contributed by atoms with E-state index < -0.39 is 0 Å². The fourth-order valence-corrected chi connectivity index (χ4v) is 1.45. The maximum absolute atomic E-state index is 4.76. The van der Waals surface area contributed by atoms with E-state index in [1.165, 1.54) is 31.6 Å². The number of rotatable bonds is 1. The third-order valence-corrected chi connectivity index (χ3v) is 2.01. The maximum Gasteiger partial charge on any atom is 0.124 e. The lowest BCUT2D eigenvalue weighted by Crippen LogP contribution is -1.91. The summed E-state index contributed by atoms with van der Waals surface area (Å²) in [6.45, 7) is 0. The monoisotopic (exact) mass is 136 g/mol. The third kappa shape index (κ3) is 0.939. The van der Waals surface area contributed by atoms with Gasteiger partial charge in [-0.25, -0.2) is 0 Å². The molecule has 1 aromatic heterocycles. The molecule has 0 N–H and O–H groups in total. The minimum Gasteiger partial charge on any atom is -0.364 e. The summed E-state index contributed by atoms with van der Waals surface area (Å²) in [6, 6.07) is 1.95. The lowest BCUT2D eigenvalue weighted by molar-refractivity contribution is 0.413. The molecule has 2 rings (SSSR count). The Hall–Kier alpha value is -0.790. The normalized spacial score (nSPS) is 20.0. The molecule has 1 saturated carbocycles. The predicted octanol–water partition coefficient (Wildman–Crippen LogP) is 2.17. The molecule has 1 heterocycles. The number of hydrogen-bond acceptors (Lipinski definition) is 2. The van der Waals surface area contributed by atoms with Gasteiger partial charge in [0.2, 0.25) is 0 Å². The van der Waals surface area contributed by atoms with Gasteiger partial charge < -0.3 is 4.52 Å². The summed E-state index contributed by atoms with van der Waals surface area (Å²) in [5, 5.41) is 3.89. The van der Waals surface area contributed by atoms with Gasteiger partial charge in [0.15, 0.2) is 0 Å². The zero-order chi connectivity index (χ0) is 6.81. The second-order valence-electron chi connectivity index (χ2n) is 2.70. The molecule has 0 bridgehead atoms. The molecule has 0 atom stereocenters. The third-order valence-electron chi connectivity index (χ3n) is 2.01. The van der Waals surface area contributed by atoms with E-state index in [1.54, 1.807) is 6.26 Å². The van der Waals surface area contributed by atoms with Crippen LogP contribution in [0.15, 0.2) is 16.9 Å². The van der Waals surface area contributed by atoms with Crippen molar-refractivity contribution >= 4 is 0 Å². The molecular weight excluding hydrogens is 126 g/mol. The first-order valence-electron chi connectivity index (χ1n) is 3.72. The summed E-state index contributed by atoms with van der Waals surface area (Å²) in [5.74, 6) is 1.47.